The molecule has 2 aromatic rings. The van der Waals surface area contributed by atoms with Crippen LogP contribution in [0.2, 0.25) is 0 Å². The van der Waals surface area contributed by atoms with E-state index in [9.17, 15) is 0 Å². The topological polar surface area (TPSA) is 106 Å². The second kappa shape index (κ2) is 6.17. The van der Waals surface area contributed by atoms with Crippen LogP contribution in [0.3, 0.4) is 0 Å². The van der Waals surface area contributed by atoms with Crippen LogP contribution in [0, 0.1) is 0 Å². The van der Waals surface area contributed by atoms with Gasteiger partial charge in [0.15, 0.2) is 11.5 Å². The normalized spacial score (nSPS) is 13.0. The molecule has 1 heterocycles. The maximum atomic E-state index is 7.25. The van der Waals surface area contributed by atoms with Gasteiger partial charge in [0.25, 0.3) is 0 Å². The molecule has 0 saturated carbocycles. The third-order valence-electron chi connectivity index (χ3n) is 2.93. The largest absolute Gasteiger partial charge is 0.493 e. The molecule has 4 N–H and O–H groups in total. The zero-order chi connectivity index (χ0) is 17.9. The van der Waals surface area contributed by atoms with Crippen LogP contribution in [0.1, 0.15) is 18.1 Å². The van der Waals surface area contributed by atoms with Gasteiger partial charge in [-0.15, -0.1) is 0 Å². The number of nitrogen functional groups attached to an aromatic ring is 2. The van der Waals surface area contributed by atoms with Crippen LogP contribution in [0.25, 0.3) is 0 Å². The molecule has 1 aromatic carbocycles. The minimum absolute atomic E-state index is 0. The van der Waals surface area contributed by atoms with Gasteiger partial charge in [0.2, 0.25) is 11.7 Å². The smallest absolute Gasteiger partial charge is 0.221 e. The van der Waals surface area contributed by atoms with Crippen LogP contribution in [0.4, 0.5) is 11.8 Å². The highest BCUT2D eigenvalue weighted by atomic mass is 16.5. The number of methoxy groups -OCH3 is 3. The monoisotopic (exact) mass is 299 g/mol. The van der Waals surface area contributed by atoms with E-state index in [2.05, 4.69) is 9.97 Å². The summed E-state index contributed by atoms with van der Waals surface area (Å²) in [6.45, 7) is 0. The van der Waals surface area contributed by atoms with Crippen molar-refractivity contribution in [2.24, 2.45) is 0 Å². The summed E-state index contributed by atoms with van der Waals surface area (Å²) < 4.78 is 37.2. The summed E-state index contributed by atoms with van der Waals surface area (Å²) in [4.78, 5) is 7.82. The van der Waals surface area contributed by atoms with E-state index < -0.39 is 7.04 Å². The summed E-state index contributed by atoms with van der Waals surface area (Å²) in [5, 5.41) is 0. The first-order chi connectivity index (χ1) is 11.2. The van der Waals surface area contributed by atoms with Crippen LogP contribution < -0.4 is 25.7 Å². The lowest BCUT2D eigenvalue weighted by atomic mass is 10.1. The molecule has 0 atom stereocenters. The number of anilines is 2. The zero-order valence-electron chi connectivity index (χ0n) is 14.7. The molecular weight excluding hydrogens is 272 g/mol. The first-order valence-corrected chi connectivity index (χ1v) is 6.04. The predicted molar refractivity (Wildman–Crippen MR) is 84.0 cm³/mol. The van der Waals surface area contributed by atoms with Crippen LogP contribution in [-0.2, 0) is 6.42 Å². The van der Waals surface area contributed by atoms with Gasteiger partial charge in [-0.2, -0.15) is 4.98 Å². The maximum absolute atomic E-state index is 7.25. The molecule has 0 amide bonds. The molecule has 0 fully saturated rings. The fraction of sp³-hybridized carbons (Fsp3) is 0.286. The Bertz CT molecular complexity index is 718. The van der Waals surface area contributed by atoms with E-state index in [-0.39, 0.29) is 31.9 Å². The average Bonchev–Trinajstić information content (AvgIpc) is 2.49. The van der Waals surface area contributed by atoms with Crippen molar-refractivity contribution in [3.8, 4) is 17.2 Å². The van der Waals surface area contributed by atoms with Crippen LogP contribution >= 0.6 is 0 Å². The molecule has 0 aliphatic heterocycles. The lowest BCUT2D eigenvalue weighted by Gasteiger charge is -2.14. The summed E-state index contributed by atoms with van der Waals surface area (Å²) in [7, 11) is 0.189. The summed E-state index contributed by atoms with van der Waals surface area (Å²) in [5.74, 6) is 0.826. The molecule has 1 aromatic heterocycles. The van der Waals surface area contributed by atoms with E-state index >= 15 is 0 Å². The number of hydrogen-bond acceptors (Lipinski definition) is 7. The second-order valence-electron chi connectivity index (χ2n) is 4.25. The van der Waals surface area contributed by atoms with Gasteiger partial charge in [0.05, 0.1) is 25.4 Å². The van der Waals surface area contributed by atoms with Gasteiger partial charge >= 0.3 is 0 Å². The van der Waals surface area contributed by atoms with Gasteiger partial charge in [0, 0.05) is 21.0 Å². The van der Waals surface area contributed by atoms with Crippen molar-refractivity contribution < 1.29 is 21.2 Å². The zero-order valence-corrected chi connectivity index (χ0v) is 11.7. The second-order valence-corrected chi connectivity index (χ2v) is 4.25. The van der Waals surface area contributed by atoms with Crippen molar-refractivity contribution in [3.05, 3.63) is 29.5 Å². The van der Waals surface area contributed by atoms with E-state index in [1.807, 2.05) is 0 Å². The molecule has 7 nitrogen and oxygen atoms in total. The van der Waals surface area contributed by atoms with Crippen molar-refractivity contribution >= 4 is 11.8 Å². The molecule has 0 spiro atoms. The standard InChI is InChI=1S/C14H18N4O3.2H2/c1-19-10-5-8(6-11(20-2)12(10)21-3)4-9-7-17-14(16)18-13(9)15;;/h5-7H,4H2,1-3H3,(H4,15,16,17,18);2*1H/i3D3;2*1+1. The van der Waals surface area contributed by atoms with E-state index in [1.165, 1.54) is 20.4 Å². The molecule has 2 rings (SSSR count). The average molecular weight is 299 g/mol. The van der Waals surface area contributed by atoms with Crippen molar-refractivity contribution in [3.63, 3.8) is 0 Å². The van der Waals surface area contributed by atoms with Crippen LogP contribution in [0.15, 0.2) is 18.3 Å². The van der Waals surface area contributed by atoms with Crippen molar-refractivity contribution in [2.45, 2.75) is 6.42 Å². The van der Waals surface area contributed by atoms with Gasteiger partial charge in [0.1, 0.15) is 5.82 Å². The van der Waals surface area contributed by atoms with Gasteiger partial charge in [-0.3, -0.25) is 0 Å². The Morgan fingerprint density at radius 1 is 1.19 bits per heavy atom. The number of nitrogens with two attached hydrogens (primary N) is 2. The van der Waals surface area contributed by atoms with Gasteiger partial charge in [-0.05, 0) is 17.7 Å². The minimum Gasteiger partial charge on any atom is -0.493 e. The highest BCUT2D eigenvalue weighted by molar-refractivity contribution is 5.55. The number of benzene rings is 1. The van der Waals surface area contributed by atoms with Gasteiger partial charge < -0.3 is 25.7 Å². The molecule has 21 heavy (non-hydrogen) atoms. The molecule has 7 heteroatoms. The number of nitrogens with zero attached hydrogens (tertiary/aromatic N) is 2. The Morgan fingerprint density at radius 2 is 1.86 bits per heavy atom. The molecule has 0 unspecified atom stereocenters. The molecule has 0 saturated heterocycles. The van der Waals surface area contributed by atoms with Gasteiger partial charge in [-0.1, -0.05) is 0 Å². The summed E-state index contributed by atoms with van der Waals surface area (Å²) in [6, 6.07) is 3.28. The molecule has 0 aliphatic rings. The third kappa shape index (κ3) is 3.07. The molecular formula is C14H22N4O3. The Balaban J connectivity index is 0.00000312. The first-order valence-electron chi connectivity index (χ1n) is 7.54. The Hall–Kier alpha value is -2.70. The predicted octanol–water partition coefficient (Wildman–Crippen LogP) is 1.75. The van der Waals surface area contributed by atoms with Gasteiger partial charge in [-0.25, -0.2) is 4.98 Å². The Morgan fingerprint density at radius 3 is 2.38 bits per heavy atom. The minimum atomic E-state index is -2.63. The summed E-state index contributed by atoms with van der Waals surface area (Å²) in [6.07, 6.45) is 1.91. The Kier molecular flexibility index (Phi) is 3.23. The number of aromatic nitrogens is 2. The summed E-state index contributed by atoms with van der Waals surface area (Å²) in [5.41, 5.74) is 12.7. The Labute approximate surface area is 130 Å². The van der Waals surface area contributed by atoms with E-state index in [0.29, 0.717) is 12.0 Å². The highest BCUT2D eigenvalue weighted by Crippen LogP contribution is 2.38. The molecule has 0 aliphatic carbocycles. The van der Waals surface area contributed by atoms with E-state index in [4.69, 9.17) is 29.8 Å². The fourth-order valence-electron chi connectivity index (χ4n) is 1.93. The first kappa shape index (κ1) is 11.0. The van der Waals surface area contributed by atoms with Crippen molar-refractivity contribution in [1.29, 1.82) is 0 Å². The maximum Gasteiger partial charge on any atom is 0.221 e. The summed E-state index contributed by atoms with van der Waals surface area (Å²) >= 11 is 0. The molecule has 116 valence electrons. The van der Waals surface area contributed by atoms with E-state index in [1.54, 1.807) is 12.1 Å². The molecule has 0 bridgehead atoms. The number of rotatable bonds is 5. The fourth-order valence-corrected chi connectivity index (χ4v) is 1.93. The van der Waals surface area contributed by atoms with Crippen LogP contribution in [0.5, 0.6) is 17.2 Å². The van der Waals surface area contributed by atoms with Crippen molar-refractivity contribution in [1.82, 2.24) is 9.97 Å². The lowest BCUT2D eigenvalue weighted by molar-refractivity contribution is 0.324. The number of hydrogen-bond donors (Lipinski definition) is 2. The molecule has 0 radical (unpaired) electrons. The SMILES string of the molecule is [2HH].[2HH].[2H]C([2H])([2H])Oc1c(OC)cc(Cc2cnc(N)nc2N)cc1OC. The third-order valence-corrected chi connectivity index (χ3v) is 2.93. The highest BCUT2D eigenvalue weighted by Gasteiger charge is 2.14. The van der Waals surface area contributed by atoms with Crippen molar-refractivity contribution in [2.75, 3.05) is 32.7 Å². The van der Waals surface area contributed by atoms with E-state index in [0.717, 1.165) is 5.56 Å². The van der Waals surface area contributed by atoms with Crippen LogP contribution in [-0.4, -0.2) is 31.2 Å². The number of ether oxygens (including phenoxy) is 3. The quantitative estimate of drug-likeness (QED) is 0.866. The lowest BCUT2D eigenvalue weighted by Crippen LogP contribution is -2.04.